The van der Waals surface area contributed by atoms with E-state index < -0.39 is 0 Å². The zero-order valence-electron chi connectivity index (χ0n) is 11.2. The molecule has 0 radical (unpaired) electrons. The number of thioether (sulfide) groups is 1. The summed E-state index contributed by atoms with van der Waals surface area (Å²) in [5, 5.41) is 2.84. The van der Waals surface area contributed by atoms with Crippen LogP contribution in [0, 0.1) is 0 Å². The van der Waals surface area contributed by atoms with Crippen molar-refractivity contribution in [3.63, 3.8) is 0 Å². The average molecular weight is 305 g/mol. The second-order valence-corrected chi connectivity index (χ2v) is 5.13. The summed E-state index contributed by atoms with van der Waals surface area (Å²) in [6.45, 7) is 2.57. The van der Waals surface area contributed by atoms with Crippen molar-refractivity contribution in [1.82, 2.24) is 5.32 Å². The highest BCUT2D eigenvalue weighted by atomic mass is 35.5. The van der Waals surface area contributed by atoms with Gasteiger partial charge in [0.2, 0.25) is 5.91 Å². The molecule has 1 rings (SSSR count). The van der Waals surface area contributed by atoms with Crippen molar-refractivity contribution in [1.29, 1.82) is 0 Å². The maximum absolute atomic E-state index is 11.5. The number of hydrogen-bond donors (Lipinski definition) is 2. The van der Waals surface area contributed by atoms with Gasteiger partial charge < -0.3 is 15.8 Å². The molecule has 0 aliphatic carbocycles. The summed E-state index contributed by atoms with van der Waals surface area (Å²) in [7, 11) is 1.63. The topological polar surface area (TPSA) is 64.3 Å². The molecule has 3 N–H and O–H groups in total. The van der Waals surface area contributed by atoms with E-state index in [4.69, 9.17) is 10.5 Å². The predicted octanol–water partition coefficient (Wildman–Crippen LogP) is 2.06. The molecule has 0 spiro atoms. The number of nitrogens with two attached hydrogens (primary N) is 1. The van der Waals surface area contributed by atoms with Gasteiger partial charge in [0.25, 0.3) is 0 Å². The number of benzene rings is 1. The molecule has 1 aromatic rings. The van der Waals surface area contributed by atoms with E-state index in [1.165, 1.54) is 11.8 Å². The Bertz CT molecular complexity index is 371. The predicted molar refractivity (Wildman–Crippen MR) is 82.2 cm³/mol. The Labute approximate surface area is 124 Å². The van der Waals surface area contributed by atoms with E-state index in [1.54, 1.807) is 7.11 Å². The minimum atomic E-state index is 0. The minimum absolute atomic E-state index is 0. The molecule has 0 aliphatic rings. The van der Waals surface area contributed by atoms with E-state index >= 15 is 0 Å². The molecule has 1 amide bonds. The van der Waals surface area contributed by atoms with Gasteiger partial charge in [-0.25, -0.2) is 0 Å². The van der Waals surface area contributed by atoms with Crippen molar-refractivity contribution in [2.75, 3.05) is 19.4 Å². The van der Waals surface area contributed by atoms with Crippen LogP contribution < -0.4 is 15.8 Å². The Morgan fingerprint density at radius 3 is 2.58 bits per heavy atom. The molecule has 6 heteroatoms. The van der Waals surface area contributed by atoms with Crippen LogP contribution in [0.5, 0.6) is 5.75 Å². The molecule has 19 heavy (non-hydrogen) atoms. The molecule has 4 nitrogen and oxygen atoms in total. The first-order valence-corrected chi connectivity index (χ1v) is 6.89. The molecule has 0 heterocycles. The van der Waals surface area contributed by atoms with Crippen molar-refractivity contribution in [2.24, 2.45) is 5.73 Å². The van der Waals surface area contributed by atoms with E-state index in [-0.39, 0.29) is 24.4 Å². The molecule has 0 aliphatic heterocycles. The van der Waals surface area contributed by atoms with Crippen LogP contribution in [-0.4, -0.2) is 31.4 Å². The van der Waals surface area contributed by atoms with Crippen LogP contribution in [0.4, 0.5) is 0 Å². The number of carbonyl (C=O) groups is 1. The summed E-state index contributed by atoms with van der Waals surface area (Å²) in [5.41, 5.74) is 5.60. The zero-order chi connectivity index (χ0) is 13.4. The van der Waals surface area contributed by atoms with Gasteiger partial charge in [-0.05, 0) is 37.6 Å². The Balaban J connectivity index is 0.00000324. The highest BCUT2D eigenvalue weighted by molar-refractivity contribution is 8.00. The highest BCUT2D eigenvalue weighted by Crippen LogP contribution is 2.20. The lowest BCUT2D eigenvalue weighted by Crippen LogP contribution is -2.30. The Morgan fingerprint density at radius 2 is 2.05 bits per heavy atom. The molecule has 108 valence electrons. The zero-order valence-corrected chi connectivity index (χ0v) is 12.9. The molecule has 1 unspecified atom stereocenters. The maximum Gasteiger partial charge on any atom is 0.230 e. The minimum Gasteiger partial charge on any atom is -0.497 e. The van der Waals surface area contributed by atoms with E-state index in [2.05, 4.69) is 5.32 Å². The fraction of sp³-hybridized carbons (Fsp3) is 0.462. The van der Waals surface area contributed by atoms with Crippen molar-refractivity contribution in [3.05, 3.63) is 24.3 Å². The van der Waals surface area contributed by atoms with E-state index in [9.17, 15) is 4.79 Å². The van der Waals surface area contributed by atoms with E-state index in [1.807, 2.05) is 31.2 Å². The van der Waals surface area contributed by atoms with Crippen LogP contribution in [0.1, 0.15) is 13.3 Å². The summed E-state index contributed by atoms with van der Waals surface area (Å²) in [6.07, 6.45) is 0.805. The lowest BCUT2D eigenvalue weighted by molar-refractivity contribution is -0.118. The third kappa shape index (κ3) is 7.97. The molecule has 0 saturated heterocycles. The van der Waals surface area contributed by atoms with Gasteiger partial charge in [-0.1, -0.05) is 0 Å². The summed E-state index contributed by atoms with van der Waals surface area (Å²) >= 11 is 1.51. The van der Waals surface area contributed by atoms with Crippen LogP contribution in [-0.2, 0) is 4.79 Å². The second-order valence-electron chi connectivity index (χ2n) is 4.08. The number of methoxy groups -OCH3 is 1. The average Bonchev–Trinajstić information content (AvgIpc) is 2.36. The highest BCUT2D eigenvalue weighted by Gasteiger charge is 2.03. The molecular formula is C13H21ClN2O2S. The SMILES string of the molecule is COc1ccc(SCC(=O)NCCC(C)N)cc1.Cl. The smallest absolute Gasteiger partial charge is 0.230 e. The van der Waals surface area contributed by atoms with Gasteiger partial charge >= 0.3 is 0 Å². The van der Waals surface area contributed by atoms with Crippen LogP contribution in [0.2, 0.25) is 0 Å². The number of nitrogens with one attached hydrogen (secondary N) is 1. The third-order valence-corrected chi connectivity index (χ3v) is 3.36. The van der Waals surface area contributed by atoms with E-state index in [0.29, 0.717) is 12.3 Å². The Morgan fingerprint density at radius 1 is 1.42 bits per heavy atom. The Hall–Kier alpha value is -0.910. The Kier molecular flexibility index (Phi) is 9.47. The second kappa shape index (κ2) is 9.95. The maximum atomic E-state index is 11.5. The van der Waals surface area contributed by atoms with Crippen molar-refractivity contribution in [3.8, 4) is 5.75 Å². The largest absolute Gasteiger partial charge is 0.497 e. The lowest BCUT2D eigenvalue weighted by atomic mass is 10.2. The monoisotopic (exact) mass is 304 g/mol. The first-order chi connectivity index (χ1) is 8.61. The van der Waals surface area contributed by atoms with Gasteiger partial charge in [-0.2, -0.15) is 0 Å². The number of halogens is 1. The van der Waals surface area contributed by atoms with Crippen LogP contribution >= 0.6 is 24.2 Å². The van der Waals surface area contributed by atoms with Gasteiger partial charge in [0.15, 0.2) is 0 Å². The lowest BCUT2D eigenvalue weighted by Gasteiger charge is -2.07. The molecular weight excluding hydrogens is 284 g/mol. The number of carbonyl (C=O) groups excluding carboxylic acids is 1. The first-order valence-electron chi connectivity index (χ1n) is 5.91. The van der Waals surface area contributed by atoms with E-state index in [0.717, 1.165) is 17.1 Å². The quantitative estimate of drug-likeness (QED) is 0.757. The van der Waals surface area contributed by atoms with Crippen LogP contribution in [0.15, 0.2) is 29.2 Å². The van der Waals surface area contributed by atoms with Crippen molar-refractivity contribution < 1.29 is 9.53 Å². The number of ether oxygens (including phenoxy) is 1. The summed E-state index contributed by atoms with van der Waals surface area (Å²) < 4.78 is 5.07. The molecule has 1 atom stereocenters. The van der Waals surface area contributed by atoms with Gasteiger partial charge in [0.05, 0.1) is 12.9 Å². The summed E-state index contributed by atoms with van der Waals surface area (Å²) in [5.74, 6) is 1.28. The fourth-order valence-corrected chi connectivity index (χ4v) is 2.04. The van der Waals surface area contributed by atoms with Gasteiger partial charge in [-0.3, -0.25) is 4.79 Å². The van der Waals surface area contributed by atoms with Gasteiger partial charge in [0.1, 0.15) is 5.75 Å². The number of amides is 1. The summed E-state index contributed by atoms with van der Waals surface area (Å²) in [4.78, 5) is 12.6. The normalized spacial score (nSPS) is 11.3. The fourth-order valence-electron chi connectivity index (χ4n) is 1.31. The molecule has 1 aromatic carbocycles. The molecule has 0 saturated carbocycles. The van der Waals surface area contributed by atoms with Crippen LogP contribution in [0.25, 0.3) is 0 Å². The van der Waals surface area contributed by atoms with Gasteiger partial charge in [0, 0.05) is 17.5 Å². The summed E-state index contributed by atoms with van der Waals surface area (Å²) in [6, 6.07) is 7.78. The number of rotatable bonds is 7. The molecule has 0 bridgehead atoms. The van der Waals surface area contributed by atoms with Crippen LogP contribution in [0.3, 0.4) is 0 Å². The van der Waals surface area contributed by atoms with Gasteiger partial charge in [-0.15, -0.1) is 24.2 Å². The first kappa shape index (κ1) is 18.1. The number of hydrogen-bond acceptors (Lipinski definition) is 4. The molecule has 0 aromatic heterocycles. The standard InChI is InChI=1S/C13H20N2O2S.ClH/c1-10(14)7-8-15-13(16)9-18-12-5-3-11(17-2)4-6-12;/h3-6,10H,7-9,14H2,1-2H3,(H,15,16);1H. The van der Waals surface area contributed by atoms with Crippen molar-refractivity contribution >= 4 is 30.1 Å². The molecule has 0 fully saturated rings. The third-order valence-electron chi connectivity index (χ3n) is 2.35. The van der Waals surface area contributed by atoms with Crippen molar-refractivity contribution in [2.45, 2.75) is 24.3 Å².